The Morgan fingerprint density at radius 3 is 2.32 bits per heavy atom. The lowest BCUT2D eigenvalue weighted by Crippen LogP contribution is -2.12. The number of ketones is 1. The predicted octanol–water partition coefficient (Wildman–Crippen LogP) is 3.90. The molecule has 5 nitrogen and oxygen atoms in total. The minimum absolute atomic E-state index is 0.0715. The highest BCUT2D eigenvalue weighted by atomic mass is 79.9. The molecule has 0 saturated heterocycles. The van der Waals surface area contributed by atoms with E-state index < -0.39 is 11.8 Å². The van der Waals surface area contributed by atoms with E-state index in [1.807, 2.05) is 0 Å². The maximum atomic E-state index is 13.0. The van der Waals surface area contributed by atoms with Crippen LogP contribution in [-0.4, -0.2) is 26.6 Å². The number of hydrogen-bond donors (Lipinski definition) is 1. The van der Waals surface area contributed by atoms with Crippen molar-refractivity contribution in [3.8, 4) is 5.69 Å². The van der Waals surface area contributed by atoms with Crippen molar-refractivity contribution in [2.24, 2.45) is 0 Å². The van der Waals surface area contributed by atoms with Crippen LogP contribution in [0.4, 0.5) is 4.39 Å². The zero-order chi connectivity index (χ0) is 18.0. The molecule has 0 amide bonds. The quantitative estimate of drug-likeness (QED) is 0.656. The molecule has 25 heavy (non-hydrogen) atoms. The summed E-state index contributed by atoms with van der Waals surface area (Å²) >= 11 is 3.32. The summed E-state index contributed by atoms with van der Waals surface area (Å²) < 4.78 is 15.1. The fraction of sp³-hybridized carbons (Fsp3) is 0.0556. The molecule has 3 rings (SSSR count). The molecule has 0 fully saturated rings. The van der Waals surface area contributed by atoms with Crippen LogP contribution in [-0.2, 0) is 6.42 Å². The number of carboxylic acids is 1. The first-order valence-corrected chi connectivity index (χ1v) is 8.10. The summed E-state index contributed by atoms with van der Waals surface area (Å²) in [5.74, 6) is -1.92. The third-order valence-electron chi connectivity index (χ3n) is 3.64. The Labute approximate surface area is 150 Å². The molecular formula is C18H12BrFN2O3. The largest absolute Gasteiger partial charge is 0.476 e. The number of carbonyl (C=O) groups excluding carboxylic acids is 1. The van der Waals surface area contributed by atoms with Gasteiger partial charge in [0.1, 0.15) is 5.82 Å². The number of Topliss-reactive ketones (excluding diaryl/α,β-unsaturated/α-hetero) is 1. The normalized spacial score (nSPS) is 10.6. The molecule has 0 saturated carbocycles. The molecule has 126 valence electrons. The van der Waals surface area contributed by atoms with Crippen LogP contribution in [0.1, 0.15) is 26.4 Å². The Balaban J connectivity index is 1.94. The van der Waals surface area contributed by atoms with E-state index in [1.165, 1.54) is 35.1 Å². The number of benzene rings is 2. The number of carbonyl (C=O) groups is 2. The molecule has 3 aromatic rings. The molecule has 7 heteroatoms. The molecule has 1 N–H and O–H groups in total. The van der Waals surface area contributed by atoms with Crippen LogP contribution < -0.4 is 0 Å². The molecule has 0 bridgehead atoms. The summed E-state index contributed by atoms with van der Waals surface area (Å²) in [6.07, 6.45) is 1.23. The number of rotatable bonds is 5. The second kappa shape index (κ2) is 6.98. The first-order chi connectivity index (χ1) is 12.0. The molecule has 0 spiro atoms. The van der Waals surface area contributed by atoms with E-state index in [0.717, 1.165) is 4.47 Å². The van der Waals surface area contributed by atoms with Crippen molar-refractivity contribution < 1.29 is 19.1 Å². The predicted molar refractivity (Wildman–Crippen MR) is 92.7 cm³/mol. The highest BCUT2D eigenvalue weighted by Gasteiger charge is 2.21. The Bertz CT molecular complexity index is 934. The van der Waals surface area contributed by atoms with Gasteiger partial charge in [-0.25, -0.2) is 13.9 Å². The van der Waals surface area contributed by atoms with Crippen molar-refractivity contribution in [2.45, 2.75) is 6.42 Å². The van der Waals surface area contributed by atoms with Crippen molar-refractivity contribution in [1.82, 2.24) is 9.78 Å². The van der Waals surface area contributed by atoms with Crippen LogP contribution >= 0.6 is 15.9 Å². The molecule has 0 aliphatic rings. The highest BCUT2D eigenvalue weighted by Crippen LogP contribution is 2.19. The molecule has 0 atom stereocenters. The smallest absolute Gasteiger partial charge is 0.354 e. The maximum absolute atomic E-state index is 13.0. The van der Waals surface area contributed by atoms with E-state index in [4.69, 9.17) is 0 Å². The summed E-state index contributed by atoms with van der Waals surface area (Å²) in [6.45, 7) is 0. The lowest BCUT2D eigenvalue weighted by molar-refractivity contribution is 0.0686. The first kappa shape index (κ1) is 17.0. The van der Waals surface area contributed by atoms with E-state index in [1.54, 1.807) is 24.3 Å². The van der Waals surface area contributed by atoms with Gasteiger partial charge in [0.15, 0.2) is 11.5 Å². The van der Waals surface area contributed by atoms with Crippen molar-refractivity contribution in [3.63, 3.8) is 0 Å². The average molecular weight is 403 g/mol. The summed E-state index contributed by atoms with van der Waals surface area (Å²) in [5, 5.41) is 13.6. The highest BCUT2D eigenvalue weighted by molar-refractivity contribution is 9.10. The Kier molecular flexibility index (Phi) is 4.76. The molecule has 2 aromatic carbocycles. The van der Waals surface area contributed by atoms with Gasteiger partial charge in [-0.1, -0.05) is 15.9 Å². The Morgan fingerprint density at radius 1 is 1.08 bits per heavy atom. The molecule has 0 unspecified atom stereocenters. The van der Waals surface area contributed by atoms with Crippen molar-refractivity contribution in [1.29, 1.82) is 0 Å². The van der Waals surface area contributed by atoms with E-state index >= 15 is 0 Å². The lowest BCUT2D eigenvalue weighted by atomic mass is 10.0. The number of hydrogen-bond acceptors (Lipinski definition) is 3. The average Bonchev–Trinajstić information content (AvgIpc) is 3.00. The van der Waals surface area contributed by atoms with Crippen molar-refractivity contribution in [2.75, 3.05) is 0 Å². The summed E-state index contributed by atoms with van der Waals surface area (Å²) in [7, 11) is 0. The number of nitrogens with zero attached hydrogens (tertiary/aromatic N) is 2. The Morgan fingerprint density at radius 2 is 1.72 bits per heavy atom. The van der Waals surface area contributed by atoms with Crippen LogP contribution in [0.5, 0.6) is 0 Å². The molecule has 0 radical (unpaired) electrons. The topological polar surface area (TPSA) is 72.2 Å². The third kappa shape index (κ3) is 3.66. The van der Waals surface area contributed by atoms with Crippen LogP contribution in [0.25, 0.3) is 5.69 Å². The van der Waals surface area contributed by atoms with Crippen molar-refractivity contribution >= 4 is 27.7 Å². The zero-order valence-corrected chi connectivity index (χ0v) is 14.4. The summed E-state index contributed by atoms with van der Waals surface area (Å²) in [6, 6.07) is 12.1. The number of halogens is 2. The van der Waals surface area contributed by atoms with Gasteiger partial charge in [0.2, 0.25) is 0 Å². The van der Waals surface area contributed by atoms with Gasteiger partial charge in [0.05, 0.1) is 11.9 Å². The van der Waals surface area contributed by atoms with Gasteiger partial charge in [-0.05, 0) is 48.5 Å². The van der Waals surface area contributed by atoms with E-state index in [0.29, 0.717) is 16.8 Å². The second-order valence-electron chi connectivity index (χ2n) is 5.32. The standard InChI is InChI=1S/C18H12BrFN2O3/c19-13-3-7-15(8-4-13)22-17(18(24)25)12(10-21-22)9-16(23)11-1-5-14(20)6-2-11/h1-8,10H,9H2,(H,24,25). The van der Waals surface area contributed by atoms with E-state index in [2.05, 4.69) is 21.0 Å². The summed E-state index contributed by atoms with van der Waals surface area (Å²) in [4.78, 5) is 24.0. The SMILES string of the molecule is O=C(Cc1cnn(-c2ccc(Br)cc2)c1C(=O)O)c1ccc(F)cc1. The second-order valence-corrected chi connectivity index (χ2v) is 6.23. The Hall–Kier alpha value is -2.80. The fourth-order valence-corrected chi connectivity index (χ4v) is 2.69. The minimum Gasteiger partial charge on any atom is -0.476 e. The van der Waals surface area contributed by atoms with Crippen LogP contribution in [0.15, 0.2) is 59.2 Å². The molecule has 0 aliphatic carbocycles. The zero-order valence-electron chi connectivity index (χ0n) is 12.8. The van der Waals surface area contributed by atoms with Crippen molar-refractivity contribution in [3.05, 3.63) is 81.8 Å². The lowest BCUT2D eigenvalue weighted by Gasteiger charge is -2.06. The van der Waals surface area contributed by atoms with Gasteiger partial charge in [-0.3, -0.25) is 4.79 Å². The minimum atomic E-state index is -1.18. The first-order valence-electron chi connectivity index (χ1n) is 7.30. The number of carboxylic acid groups (broad SMARTS) is 1. The van der Waals surface area contributed by atoms with Crippen LogP contribution in [0.2, 0.25) is 0 Å². The monoisotopic (exact) mass is 402 g/mol. The maximum Gasteiger partial charge on any atom is 0.354 e. The molecule has 1 aromatic heterocycles. The van der Waals surface area contributed by atoms with Gasteiger partial charge in [0.25, 0.3) is 0 Å². The van der Waals surface area contributed by atoms with Gasteiger partial charge in [0, 0.05) is 22.0 Å². The van der Waals surface area contributed by atoms with E-state index in [-0.39, 0.29) is 17.9 Å². The van der Waals surface area contributed by atoms with Gasteiger partial charge in [-0.15, -0.1) is 0 Å². The molecule has 0 aliphatic heterocycles. The van der Waals surface area contributed by atoms with E-state index in [9.17, 15) is 19.1 Å². The van der Waals surface area contributed by atoms with Crippen LogP contribution in [0, 0.1) is 5.82 Å². The van der Waals surface area contributed by atoms with Crippen LogP contribution in [0.3, 0.4) is 0 Å². The third-order valence-corrected chi connectivity index (χ3v) is 4.16. The number of aromatic nitrogens is 2. The van der Waals surface area contributed by atoms with Gasteiger partial charge < -0.3 is 5.11 Å². The fourth-order valence-electron chi connectivity index (χ4n) is 2.43. The van der Waals surface area contributed by atoms with Gasteiger partial charge in [-0.2, -0.15) is 5.10 Å². The molecule has 1 heterocycles. The molecular weight excluding hydrogens is 391 g/mol. The number of aromatic carboxylic acids is 1. The van der Waals surface area contributed by atoms with Gasteiger partial charge >= 0.3 is 5.97 Å². The summed E-state index contributed by atoms with van der Waals surface area (Å²) in [5.41, 5.74) is 1.11.